The van der Waals surface area contributed by atoms with Crippen LogP contribution in [0.15, 0.2) is 42.5 Å². The van der Waals surface area contributed by atoms with Gasteiger partial charge in [0.05, 0.1) is 0 Å². The van der Waals surface area contributed by atoms with Gasteiger partial charge in [0.25, 0.3) is 0 Å². The molecule has 0 amide bonds. The molecule has 0 saturated carbocycles. The van der Waals surface area contributed by atoms with Crippen molar-refractivity contribution in [3.05, 3.63) is 48.0 Å². The molecule has 1 rings (SSSR count). The highest BCUT2D eigenvalue weighted by molar-refractivity contribution is 5.74. The second-order valence-corrected chi connectivity index (χ2v) is 9.21. The van der Waals surface area contributed by atoms with Gasteiger partial charge in [0.2, 0.25) is 0 Å². The fraction of sp³-hybridized carbons (Fsp3) is 0.679. The number of halogens is 3. The number of aliphatic carboxylic acids is 1. The monoisotopic (exact) mass is 483 g/mol. The lowest BCUT2D eigenvalue weighted by Crippen LogP contribution is -2.51. The Balaban J connectivity index is 2.21. The molecule has 2 N–H and O–H groups in total. The standard InChI is InChI=1S/C28H44F3NO2/c1-2-3-4-5-6-7-8-9-10-11-12-13-14-15-19-22-26(28(29,30)31)32-25(27(33)34)23-24-20-17-16-18-21-24/h7-8,16-18,20-21,25-26,32H,2-6,9-15,19,22-23H2,1H3,(H,33,34)/b8-7-. The molecule has 0 aliphatic carbocycles. The molecule has 0 aliphatic heterocycles. The van der Waals surface area contributed by atoms with Gasteiger partial charge >= 0.3 is 12.1 Å². The van der Waals surface area contributed by atoms with Gasteiger partial charge in [-0.15, -0.1) is 0 Å². The Bertz CT molecular complexity index is 661. The Kier molecular flexibility index (Phi) is 16.4. The van der Waals surface area contributed by atoms with Crippen LogP contribution in [0.25, 0.3) is 0 Å². The normalized spacial score (nSPS) is 13.9. The van der Waals surface area contributed by atoms with Crippen molar-refractivity contribution < 1.29 is 23.1 Å². The third-order valence-corrected chi connectivity index (χ3v) is 6.13. The number of carboxylic acid groups (broad SMARTS) is 1. The summed E-state index contributed by atoms with van der Waals surface area (Å²) in [6.07, 6.45) is 14.1. The van der Waals surface area contributed by atoms with E-state index in [4.69, 9.17) is 0 Å². The molecular formula is C28H44F3NO2. The molecule has 1 aromatic rings. The van der Waals surface area contributed by atoms with Gasteiger partial charge in [0.1, 0.15) is 12.1 Å². The highest BCUT2D eigenvalue weighted by Gasteiger charge is 2.41. The lowest BCUT2D eigenvalue weighted by atomic mass is 10.0. The molecular weight excluding hydrogens is 439 g/mol. The van der Waals surface area contributed by atoms with E-state index in [1.54, 1.807) is 30.3 Å². The van der Waals surface area contributed by atoms with Gasteiger partial charge in [0.15, 0.2) is 0 Å². The lowest BCUT2D eigenvalue weighted by Gasteiger charge is -2.25. The van der Waals surface area contributed by atoms with Crippen molar-refractivity contribution in [3.8, 4) is 0 Å². The van der Waals surface area contributed by atoms with Crippen molar-refractivity contribution in [1.82, 2.24) is 5.32 Å². The molecule has 34 heavy (non-hydrogen) atoms. The molecule has 0 spiro atoms. The quantitative estimate of drug-likeness (QED) is 0.145. The maximum atomic E-state index is 13.5. The summed E-state index contributed by atoms with van der Waals surface area (Å²) in [7, 11) is 0. The van der Waals surface area contributed by atoms with Gasteiger partial charge in [0, 0.05) is 0 Å². The minimum atomic E-state index is -4.46. The summed E-state index contributed by atoms with van der Waals surface area (Å²) < 4.78 is 40.5. The minimum Gasteiger partial charge on any atom is -0.480 e. The number of unbranched alkanes of at least 4 members (excludes halogenated alkanes) is 11. The summed E-state index contributed by atoms with van der Waals surface area (Å²) >= 11 is 0. The smallest absolute Gasteiger partial charge is 0.403 e. The summed E-state index contributed by atoms with van der Waals surface area (Å²) in [4.78, 5) is 11.5. The van der Waals surface area contributed by atoms with E-state index < -0.39 is 24.2 Å². The topological polar surface area (TPSA) is 49.3 Å². The SMILES string of the molecule is CCCCCC/C=C\CCCCCCCCCC(NC(Cc1ccccc1)C(=O)O)C(F)(F)F. The molecule has 0 aliphatic rings. The fourth-order valence-corrected chi connectivity index (χ4v) is 4.07. The third-order valence-electron chi connectivity index (χ3n) is 6.13. The van der Waals surface area contributed by atoms with Gasteiger partial charge in [-0.2, -0.15) is 13.2 Å². The average molecular weight is 484 g/mol. The van der Waals surface area contributed by atoms with Crippen LogP contribution in [0, 0.1) is 0 Å². The van der Waals surface area contributed by atoms with Crippen LogP contribution < -0.4 is 5.32 Å². The number of carboxylic acids is 1. The molecule has 2 unspecified atom stereocenters. The van der Waals surface area contributed by atoms with E-state index in [9.17, 15) is 23.1 Å². The number of rotatable bonds is 20. The second kappa shape index (κ2) is 18.5. The average Bonchev–Trinajstić information content (AvgIpc) is 2.80. The maximum Gasteiger partial charge on any atom is 0.403 e. The number of hydrogen-bond acceptors (Lipinski definition) is 2. The molecule has 0 aromatic heterocycles. The molecule has 1 aromatic carbocycles. The first-order chi connectivity index (χ1) is 16.3. The van der Waals surface area contributed by atoms with E-state index in [2.05, 4.69) is 24.4 Å². The molecule has 0 fully saturated rings. The van der Waals surface area contributed by atoms with Crippen LogP contribution >= 0.6 is 0 Å². The Morgan fingerprint density at radius 2 is 1.41 bits per heavy atom. The Morgan fingerprint density at radius 3 is 1.94 bits per heavy atom. The van der Waals surface area contributed by atoms with Crippen LogP contribution in [0.1, 0.15) is 102 Å². The van der Waals surface area contributed by atoms with E-state index in [0.29, 0.717) is 12.0 Å². The zero-order chi connectivity index (χ0) is 25.1. The number of alkyl halides is 3. The van der Waals surface area contributed by atoms with Gasteiger partial charge in [-0.25, -0.2) is 0 Å². The van der Waals surface area contributed by atoms with E-state index >= 15 is 0 Å². The fourth-order valence-electron chi connectivity index (χ4n) is 4.07. The van der Waals surface area contributed by atoms with E-state index in [0.717, 1.165) is 38.5 Å². The van der Waals surface area contributed by atoms with Crippen molar-refractivity contribution in [2.24, 2.45) is 0 Å². The molecule has 2 atom stereocenters. The first-order valence-electron chi connectivity index (χ1n) is 13.1. The van der Waals surface area contributed by atoms with E-state index in [1.165, 1.54) is 38.5 Å². The number of benzene rings is 1. The summed E-state index contributed by atoms with van der Waals surface area (Å²) in [5.74, 6) is -1.26. The zero-order valence-electron chi connectivity index (χ0n) is 20.8. The highest BCUT2D eigenvalue weighted by Crippen LogP contribution is 2.25. The Morgan fingerprint density at radius 1 is 0.882 bits per heavy atom. The van der Waals surface area contributed by atoms with Crippen molar-refractivity contribution in [2.75, 3.05) is 0 Å². The van der Waals surface area contributed by atoms with Gasteiger partial charge in [-0.05, 0) is 44.1 Å². The number of carbonyl (C=O) groups is 1. The van der Waals surface area contributed by atoms with Crippen molar-refractivity contribution >= 4 is 5.97 Å². The summed E-state index contributed by atoms with van der Waals surface area (Å²) in [6.45, 7) is 2.22. The van der Waals surface area contributed by atoms with Crippen LogP contribution in [0.2, 0.25) is 0 Å². The molecule has 0 heterocycles. The maximum absolute atomic E-state index is 13.5. The predicted octanol–water partition coefficient (Wildman–Crippen LogP) is 8.24. The molecule has 0 bridgehead atoms. The summed E-state index contributed by atoms with van der Waals surface area (Å²) in [6, 6.07) is 5.68. The first-order valence-corrected chi connectivity index (χ1v) is 13.1. The first kappa shape index (κ1) is 30.2. The Hall–Kier alpha value is -1.82. The summed E-state index contributed by atoms with van der Waals surface area (Å²) in [5.41, 5.74) is 0.700. The molecule has 3 nitrogen and oxygen atoms in total. The summed E-state index contributed by atoms with van der Waals surface area (Å²) in [5, 5.41) is 11.8. The molecule has 194 valence electrons. The van der Waals surface area contributed by atoms with Gasteiger partial charge in [-0.1, -0.05) is 107 Å². The van der Waals surface area contributed by atoms with Crippen molar-refractivity contribution in [3.63, 3.8) is 0 Å². The number of hydrogen-bond donors (Lipinski definition) is 2. The minimum absolute atomic E-state index is 0.0246. The number of nitrogens with one attached hydrogen (secondary N) is 1. The van der Waals surface area contributed by atoms with Gasteiger partial charge in [-0.3, -0.25) is 10.1 Å². The number of allylic oxidation sites excluding steroid dienone is 2. The third kappa shape index (κ3) is 15.2. The van der Waals surface area contributed by atoms with Crippen LogP contribution in [-0.2, 0) is 11.2 Å². The van der Waals surface area contributed by atoms with Crippen LogP contribution in [-0.4, -0.2) is 29.3 Å². The van der Waals surface area contributed by atoms with E-state index in [1.807, 2.05) is 0 Å². The largest absolute Gasteiger partial charge is 0.480 e. The van der Waals surface area contributed by atoms with Crippen LogP contribution in [0.3, 0.4) is 0 Å². The molecule has 6 heteroatoms. The zero-order valence-corrected chi connectivity index (χ0v) is 20.8. The van der Waals surface area contributed by atoms with Crippen LogP contribution in [0.5, 0.6) is 0 Å². The van der Waals surface area contributed by atoms with E-state index in [-0.39, 0.29) is 12.8 Å². The predicted molar refractivity (Wildman–Crippen MR) is 134 cm³/mol. The van der Waals surface area contributed by atoms with Crippen LogP contribution in [0.4, 0.5) is 13.2 Å². The molecule has 0 radical (unpaired) electrons. The highest BCUT2D eigenvalue weighted by atomic mass is 19.4. The lowest BCUT2D eigenvalue weighted by molar-refractivity contribution is -0.163. The second-order valence-electron chi connectivity index (χ2n) is 9.21. The Labute approximate surface area is 204 Å². The van der Waals surface area contributed by atoms with Gasteiger partial charge < -0.3 is 5.11 Å². The molecule has 0 saturated heterocycles. The van der Waals surface area contributed by atoms with Crippen molar-refractivity contribution in [2.45, 2.75) is 121 Å². The van der Waals surface area contributed by atoms with Crippen molar-refractivity contribution in [1.29, 1.82) is 0 Å².